The van der Waals surface area contributed by atoms with E-state index in [-0.39, 0.29) is 18.3 Å². The molecule has 0 spiro atoms. The quantitative estimate of drug-likeness (QED) is 0.573. The molecule has 1 unspecified atom stereocenters. The van der Waals surface area contributed by atoms with Crippen molar-refractivity contribution in [2.75, 3.05) is 13.2 Å². The molecule has 6 heteroatoms. The molecule has 0 radical (unpaired) electrons. The van der Waals surface area contributed by atoms with Crippen LogP contribution in [0.4, 0.5) is 4.79 Å². The van der Waals surface area contributed by atoms with E-state index < -0.39 is 29.6 Å². The average Bonchev–Trinajstić information content (AvgIpc) is 2.60. The van der Waals surface area contributed by atoms with Crippen LogP contribution in [0, 0.1) is 11.8 Å². The Bertz CT molecular complexity index is 453. The molecule has 2 rings (SSSR count). The molecule has 1 saturated heterocycles. The number of hydrogen-bond donors (Lipinski definition) is 0. The smallest absolute Gasteiger partial charge is 0.410 e. The van der Waals surface area contributed by atoms with E-state index in [0.717, 1.165) is 0 Å². The molecule has 21 heavy (non-hydrogen) atoms. The van der Waals surface area contributed by atoms with Crippen molar-refractivity contribution in [1.29, 1.82) is 0 Å². The van der Waals surface area contributed by atoms with Crippen molar-refractivity contribution >= 4 is 17.8 Å². The summed E-state index contributed by atoms with van der Waals surface area (Å²) in [5, 5.41) is 0. The van der Waals surface area contributed by atoms with Crippen molar-refractivity contribution in [3.63, 3.8) is 0 Å². The van der Waals surface area contributed by atoms with E-state index in [9.17, 15) is 14.4 Å². The van der Waals surface area contributed by atoms with Crippen LogP contribution in [0.3, 0.4) is 0 Å². The first kappa shape index (κ1) is 15.8. The van der Waals surface area contributed by atoms with Crippen molar-refractivity contribution in [3.05, 3.63) is 0 Å². The van der Waals surface area contributed by atoms with Gasteiger partial charge in [0.1, 0.15) is 11.5 Å². The largest absolute Gasteiger partial charge is 0.465 e. The van der Waals surface area contributed by atoms with Gasteiger partial charge in [0.2, 0.25) is 0 Å². The van der Waals surface area contributed by atoms with E-state index in [1.807, 2.05) is 0 Å². The second kappa shape index (κ2) is 5.66. The first-order valence-electron chi connectivity index (χ1n) is 7.44. The molecule has 2 fully saturated rings. The Kier molecular flexibility index (Phi) is 4.25. The third-order valence-electron chi connectivity index (χ3n) is 3.92. The summed E-state index contributed by atoms with van der Waals surface area (Å²) < 4.78 is 10.3. The minimum absolute atomic E-state index is 0.0137. The van der Waals surface area contributed by atoms with Crippen LogP contribution in [-0.4, -0.2) is 47.5 Å². The minimum Gasteiger partial charge on any atom is -0.465 e. The van der Waals surface area contributed by atoms with E-state index in [4.69, 9.17) is 9.47 Å². The molecular weight excluding hydrogens is 274 g/mol. The summed E-state index contributed by atoms with van der Waals surface area (Å²) in [6.45, 7) is 7.79. The maximum atomic E-state index is 12.4. The fraction of sp³-hybridized carbons (Fsp3) is 0.800. The van der Waals surface area contributed by atoms with Crippen molar-refractivity contribution in [2.24, 2.45) is 11.8 Å². The molecule has 1 aliphatic heterocycles. The van der Waals surface area contributed by atoms with Gasteiger partial charge in [-0.05, 0) is 46.5 Å². The van der Waals surface area contributed by atoms with Crippen LogP contribution in [0.2, 0.25) is 0 Å². The summed E-state index contributed by atoms with van der Waals surface area (Å²) in [5.41, 5.74) is -0.601. The van der Waals surface area contributed by atoms with Gasteiger partial charge in [-0.25, -0.2) is 4.79 Å². The van der Waals surface area contributed by atoms with Gasteiger partial charge >= 0.3 is 12.1 Å². The van der Waals surface area contributed by atoms with Crippen LogP contribution in [0.25, 0.3) is 0 Å². The molecule has 0 aromatic carbocycles. The number of Topliss-reactive ketones (excluding diaryl/α,β-unsaturated/α-hetero) is 1. The number of esters is 1. The van der Waals surface area contributed by atoms with Gasteiger partial charge in [0.05, 0.1) is 12.6 Å². The Balaban J connectivity index is 2.10. The minimum atomic E-state index is -0.720. The van der Waals surface area contributed by atoms with Crippen molar-refractivity contribution < 1.29 is 23.9 Å². The maximum Gasteiger partial charge on any atom is 0.410 e. The number of nitrogens with zero attached hydrogens (tertiary/aromatic N) is 1. The van der Waals surface area contributed by atoms with Gasteiger partial charge < -0.3 is 9.47 Å². The average molecular weight is 297 g/mol. The zero-order valence-electron chi connectivity index (χ0n) is 13.0. The van der Waals surface area contributed by atoms with Gasteiger partial charge in [0.25, 0.3) is 0 Å². The molecule has 0 aromatic heterocycles. The molecule has 2 aliphatic rings. The number of amides is 1. The second-order valence-electron chi connectivity index (χ2n) is 6.61. The number of carbonyl (C=O) groups is 3. The molecule has 2 bridgehead atoms. The van der Waals surface area contributed by atoms with Crippen molar-refractivity contribution in [3.8, 4) is 0 Å². The number of rotatable bonds is 2. The summed E-state index contributed by atoms with van der Waals surface area (Å²) >= 11 is 0. The highest BCUT2D eigenvalue weighted by Gasteiger charge is 2.53. The lowest BCUT2D eigenvalue weighted by molar-refractivity contribution is -0.152. The fourth-order valence-electron chi connectivity index (χ4n) is 3.08. The summed E-state index contributed by atoms with van der Waals surface area (Å²) in [6.07, 6.45) is 0.677. The molecule has 118 valence electrons. The molecule has 0 N–H and O–H groups in total. The predicted octanol–water partition coefficient (Wildman–Crippen LogP) is 1.76. The van der Waals surface area contributed by atoms with E-state index in [1.54, 1.807) is 27.7 Å². The van der Waals surface area contributed by atoms with E-state index in [2.05, 4.69) is 0 Å². The number of carbonyl (C=O) groups excluding carboxylic acids is 3. The number of ketones is 1. The first-order valence-corrected chi connectivity index (χ1v) is 7.44. The Morgan fingerprint density at radius 2 is 2.00 bits per heavy atom. The zero-order chi connectivity index (χ0) is 15.8. The van der Waals surface area contributed by atoms with Gasteiger partial charge in [0.15, 0.2) is 5.78 Å². The highest BCUT2D eigenvalue weighted by Crippen LogP contribution is 2.39. The monoisotopic (exact) mass is 297 g/mol. The molecule has 3 atom stereocenters. The lowest BCUT2D eigenvalue weighted by atomic mass is 9.92. The first-order chi connectivity index (χ1) is 9.74. The standard InChI is InChI=1S/C15H23NO5/c1-5-20-13(18)11-9-6-7-16(10(8-9)12(11)17)14(19)21-15(2,3)4/h9-11H,5-8H2,1-4H3/t9-,10+,11?/m0/s1. The van der Waals surface area contributed by atoms with Gasteiger partial charge in [0, 0.05) is 6.54 Å². The third-order valence-corrected chi connectivity index (χ3v) is 3.92. The second-order valence-corrected chi connectivity index (χ2v) is 6.61. The van der Waals surface area contributed by atoms with Crippen LogP contribution in [0.5, 0.6) is 0 Å². The number of hydrogen-bond acceptors (Lipinski definition) is 5. The molecule has 1 amide bonds. The van der Waals surface area contributed by atoms with Crippen LogP contribution < -0.4 is 0 Å². The molecule has 1 aliphatic carbocycles. The van der Waals surface area contributed by atoms with Gasteiger partial charge in [-0.2, -0.15) is 0 Å². The Morgan fingerprint density at radius 1 is 1.33 bits per heavy atom. The number of fused-ring (bicyclic) bond motifs is 2. The summed E-state index contributed by atoms with van der Waals surface area (Å²) in [4.78, 5) is 38.0. The lowest BCUT2D eigenvalue weighted by Gasteiger charge is -2.33. The summed E-state index contributed by atoms with van der Waals surface area (Å²) in [7, 11) is 0. The van der Waals surface area contributed by atoms with Gasteiger partial charge in [-0.1, -0.05) is 0 Å². The Hall–Kier alpha value is -1.59. The van der Waals surface area contributed by atoms with E-state index >= 15 is 0 Å². The summed E-state index contributed by atoms with van der Waals surface area (Å²) in [5.74, 6) is -1.40. The maximum absolute atomic E-state index is 12.4. The SMILES string of the molecule is CCOC(=O)C1C(=O)[C@H]2C[C@@H]1CCN2C(=O)OC(C)(C)C. The van der Waals surface area contributed by atoms with Crippen LogP contribution >= 0.6 is 0 Å². The number of likely N-dealkylation sites (tertiary alicyclic amines) is 1. The fourth-order valence-corrected chi connectivity index (χ4v) is 3.08. The van der Waals surface area contributed by atoms with Crippen LogP contribution in [0.1, 0.15) is 40.5 Å². The van der Waals surface area contributed by atoms with Crippen LogP contribution in [-0.2, 0) is 19.1 Å². The number of piperidine rings is 1. The van der Waals surface area contributed by atoms with E-state index in [1.165, 1.54) is 4.90 Å². The van der Waals surface area contributed by atoms with E-state index in [0.29, 0.717) is 19.4 Å². The molecule has 0 aromatic rings. The molecule has 1 saturated carbocycles. The van der Waals surface area contributed by atoms with Crippen LogP contribution in [0.15, 0.2) is 0 Å². The molecule has 6 nitrogen and oxygen atoms in total. The van der Waals surface area contributed by atoms with Gasteiger partial charge in [-0.3, -0.25) is 14.5 Å². The third kappa shape index (κ3) is 3.19. The predicted molar refractivity (Wildman–Crippen MR) is 74.6 cm³/mol. The van der Waals surface area contributed by atoms with Crippen molar-refractivity contribution in [1.82, 2.24) is 4.90 Å². The topological polar surface area (TPSA) is 72.9 Å². The lowest BCUT2D eigenvalue weighted by Crippen LogP contribution is -2.47. The Labute approximate surface area is 124 Å². The van der Waals surface area contributed by atoms with Gasteiger partial charge in [-0.15, -0.1) is 0 Å². The molecule has 1 heterocycles. The highest BCUT2D eigenvalue weighted by molar-refractivity contribution is 6.05. The normalized spacial score (nSPS) is 28.5. The molecular formula is C15H23NO5. The highest BCUT2D eigenvalue weighted by atomic mass is 16.6. The zero-order valence-corrected chi connectivity index (χ0v) is 13.0. The summed E-state index contributed by atoms with van der Waals surface area (Å²) in [6, 6.07) is -0.548. The Morgan fingerprint density at radius 3 is 2.57 bits per heavy atom. The number of ether oxygens (including phenoxy) is 2. The van der Waals surface area contributed by atoms with Crippen molar-refractivity contribution in [2.45, 2.75) is 52.2 Å².